The molecule has 0 aliphatic heterocycles. The second-order valence-electron chi connectivity index (χ2n) is 4.86. The number of halogens is 1. The molecule has 0 heterocycles. The summed E-state index contributed by atoms with van der Waals surface area (Å²) >= 11 is 3.45. The van der Waals surface area contributed by atoms with Gasteiger partial charge < -0.3 is 15.0 Å². The molecule has 1 N–H and O–H groups in total. The van der Waals surface area contributed by atoms with E-state index in [1.807, 2.05) is 18.2 Å². The minimum absolute atomic E-state index is 0.0503. The molecule has 0 atom stereocenters. The molecular weight excluding hydrogens is 308 g/mol. The minimum Gasteiger partial charge on any atom is -0.483 e. The van der Waals surface area contributed by atoms with Gasteiger partial charge >= 0.3 is 0 Å². The van der Waals surface area contributed by atoms with Gasteiger partial charge in [0.15, 0.2) is 6.61 Å². The lowest BCUT2D eigenvalue weighted by atomic mass is 10.2. The smallest absolute Gasteiger partial charge is 0.259 e. The van der Waals surface area contributed by atoms with E-state index in [-0.39, 0.29) is 12.5 Å². The zero-order valence-electron chi connectivity index (χ0n) is 11.9. The van der Waals surface area contributed by atoms with Crippen LogP contribution in [0.4, 0.5) is 0 Å². The Balaban J connectivity index is 2.73. The summed E-state index contributed by atoms with van der Waals surface area (Å²) in [5, 5.41) is 3.34. The van der Waals surface area contributed by atoms with Crippen LogP contribution in [0.5, 0.6) is 5.75 Å². The number of carbonyl (C=O) groups excluding carboxylic acids is 1. The molecule has 19 heavy (non-hydrogen) atoms. The van der Waals surface area contributed by atoms with E-state index in [9.17, 15) is 4.79 Å². The third-order valence-electron chi connectivity index (χ3n) is 2.57. The van der Waals surface area contributed by atoms with Crippen molar-refractivity contribution in [2.75, 3.05) is 20.7 Å². The molecule has 0 saturated heterocycles. The Kier molecular flexibility index (Phi) is 6.31. The zero-order valence-corrected chi connectivity index (χ0v) is 13.5. The Morgan fingerprint density at radius 3 is 2.68 bits per heavy atom. The van der Waals surface area contributed by atoms with Crippen LogP contribution in [0, 0.1) is 0 Å². The number of rotatable bonds is 6. The summed E-state index contributed by atoms with van der Waals surface area (Å²) in [4.78, 5) is 13.1. The van der Waals surface area contributed by atoms with Gasteiger partial charge in [-0.25, -0.2) is 0 Å². The highest BCUT2D eigenvalue weighted by atomic mass is 79.9. The molecule has 0 fully saturated rings. The third-order valence-corrected chi connectivity index (χ3v) is 3.07. The summed E-state index contributed by atoms with van der Waals surface area (Å²) in [6.45, 7) is 4.95. The van der Waals surface area contributed by atoms with Crippen molar-refractivity contribution in [3.05, 3.63) is 28.2 Å². The molecule has 0 radical (unpaired) electrons. The van der Waals surface area contributed by atoms with Crippen molar-refractivity contribution in [3.63, 3.8) is 0 Å². The molecule has 0 spiro atoms. The van der Waals surface area contributed by atoms with E-state index in [0.29, 0.717) is 12.6 Å². The maximum absolute atomic E-state index is 11.5. The summed E-state index contributed by atoms with van der Waals surface area (Å²) in [6, 6.07) is 6.19. The van der Waals surface area contributed by atoms with E-state index >= 15 is 0 Å². The number of benzene rings is 1. The number of ether oxygens (including phenoxy) is 1. The highest BCUT2D eigenvalue weighted by Crippen LogP contribution is 2.23. The fourth-order valence-corrected chi connectivity index (χ4v) is 1.82. The average molecular weight is 329 g/mol. The molecule has 4 nitrogen and oxygen atoms in total. The SMILES string of the molecule is CC(C)NCc1cc(Br)ccc1OCC(=O)N(C)C. The Labute approximate surface area is 123 Å². The minimum atomic E-state index is -0.0503. The van der Waals surface area contributed by atoms with Crippen molar-refractivity contribution in [3.8, 4) is 5.75 Å². The Morgan fingerprint density at radius 2 is 2.11 bits per heavy atom. The van der Waals surface area contributed by atoms with Crippen LogP contribution >= 0.6 is 15.9 Å². The highest BCUT2D eigenvalue weighted by molar-refractivity contribution is 9.10. The molecule has 1 rings (SSSR count). The predicted molar refractivity (Wildman–Crippen MR) is 80.3 cm³/mol. The first-order valence-electron chi connectivity index (χ1n) is 6.25. The van der Waals surface area contributed by atoms with E-state index in [4.69, 9.17) is 4.74 Å². The third kappa shape index (κ3) is 5.61. The molecule has 1 aromatic carbocycles. The van der Waals surface area contributed by atoms with Crippen LogP contribution in [0.2, 0.25) is 0 Å². The summed E-state index contributed by atoms with van der Waals surface area (Å²) in [7, 11) is 3.43. The number of hydrogen-bond donors (Lipinski definition) is 1. The number of nitrogens with one attached hydrogen (secondary N) is 1. The molecule has 106 valence electrons. The first-order chi connectivity index (χ1) is 8.90. The number of nitrogens with zero attached hydrogens (tertiary/aromatic N) is 1. The van der Waals surface area contributed by atoms with Crippen molar-refractivity contribution < 1.29 is 9.53 Å². The number of likely N-dealkylation sites (N-methyl/N-ethyl adjacent to an activating group) is 1. The lowest BCUT2D eigenvalue weighted by Crippen LogP contribution is -2.28. The van der Waals surface area contributed by atoms with Crippen molar-refractivity contribution in [2.45, 2.75) is 26.4 Å². The maximum atomic E-state index is 11.5. The van der Waals surface area contributed by atoms with Gasteiger partial charge in [0.2, 0.25) is 0 Å². The lowest BCUT2D eigenvalue weighted by molar-refractivity contribution is -0.130. The van der Waals surface area contributed by atoms with Gasteiger partial charge in [0.05, 0.1) is 0 Å². The number of amides is 1. The van der Waals surface area contributed by atoms with Crippen LogP contribution in [0.25, 0.3) is 0 Å². The van der Waals surface area contributed by atoms with Crippen LogP contribution in [0.1, 0.15) is 19.4 Å². The largest absolute Gasteiger partial charge is 0.483 e. The van der Waals surface area contributed by atoms with Gasteiger partial charge in [0.25, 0.3) is 5.91 Å². The molecule has 0 aliphatic rings. The van der Waals surface area contributed by atoms with E-state index < -0.39 is 0 Å². The topological polar surface area (TPSA) is 41.6 Å². The van der Waals surface area contributed by atoms with Gasteiger partial charge in [-0.15, -0.1) is 0 Å². The summed E-state index contributed by atoms with van der Waals surface area (Å²) in [5.74, 6) is 0.692. The molecule has 1 amide bonds. The molecule has 0 aliphatic carbocycles. The first kappa shape index (κ1) is 16.0. The van der Waals surface area contributed by atoms with Gasteiger partial charge in [0, 0.05) is 36.7 Å². The van der Waals surface area contributed by atoms with Gasteiger partial charge in [0.1, 0.15) is 5.75 Å². The quantitative estimate of drug-likeness (QED) is 0.871. The van der Waals surface area contributed by atoms with Gasteiger partial charge in [-0.3, -0.25) is 4.79 Å². The number of carbonyl (C=O) groups is 1. The normalized spacial score (nSPS) is 10.6. The predicted octanol–water partition coefficient (Wildman–Crippen LogP) is 2.41. The number of hydrogen-bond acceptors (Lipinski definition) is 3. The second kappa shape index (κ2) is 7.50. The Bertz CT molecular complexity index is 433. The Hall–Kier alpha value is -1.07. The zero-order chi connectivity index (χ0) is 14.4. The molecule has 0 unspecified atom stereocenters. The summed E-state index contributed by atoms with van der Waals surface area (Å²) < 4.78 is 6.59. The molecule has 0 aromatic heterocycles. The molecule has 0 saturated carbocycles. The van der Waals surface area contributed by atoms with Gasteiger partial charge in [-0.05, 0) is 18.2 Å². The van der Waals surface area contributed by atoms with Crippen LogP contribution in [-0.2, 0) is 11.3 Å². The first-order valence-corrected chi connectivity index (χ1v) is 7.04. The summed E-state index contributed by atoms with van der Waals surface area (Å²) in [6.07, 6.45) is 0. The average Bonchev–Trinajstić information content (AvgIpc) is 2.34. The molecular formula is C14H21BrN2O2. The fourth-order valence-electron chi connectivity index (χ4n) is 1.41. The lowest BCUT2D eigenvalue weighted by Gasteiger charge is -2.15. The van der Waals surface area contributed by atoms with E-state index in [2.05, 4.69) is 35.1 Å². The van der Waals surface area contributed by atoms with Crippen LogP contribution in [0.3, 0.4) is 0 Å². The van der Waals surface area contributed by atoms with Gasteiger partial charge in [-0.2, -0.15) is 0 Å². The highest BCUT2D eigenvalue weighted by Gasteiger charge is 2.09. The second-order valence-corrected chi connectivity index (χ2v) is 5.78. The van der Waals surface area contributed by atoms with Crippen LogP contribution < -0.4 is 10.1 Å². The summed E-state index contributed by atoms with van der Waals surface area (Å²) in [5.41, 5.74) is 1.04. The van der Waals surface area contributed by atoms with Gasteiger partial charge in [-0.1, -0.05) is 29.8 Å². The molecule has 0 bridgehead atoms. The van der Waals surface area contributed by atoms with Crippen molar-refractivity contribution >= 4 is 21.8 Å². The van der Waals surface area contributed by atoms with E-state index in [1.54, 1.807) is 14.1 Å². The fraction of sp³-hybridized carbons (Fsp3) is 0.500. The van der Waals surface area contributed by atoms with E-state index in [1.165, 1.54) is 4.90 Å². The Morgan fingerprint density at radius 1 is 1.42 bits per heavy atom. The van der Waals surface area contributed by atoms with Crippen LogP contribution in [-0.4, -0.2) is 37.6 Å². The van der Waals surface area contributed by atoms with E-state index in [0.717, 1.165) is 15.8 Å². The molecule has 5 heteroatoms. The standard InChI is InChI=1S/C14H21BrN2O2/c1-10(2)16-8-11-7-12(15)5-6-13(11)19-9-14(18)17(3)4/h5-7,10,16H,8-9H2,1-4H3. The van der Waals surface area contributed by atoms with Crippen molar-refractivity contribution in [1.29, 1.82) is 0 Å². The molecule has 1 aromatic rings. The van der Waals surface area contributed by atoms with Crippen LogP contribution in [0.15, 0.2) is 22.7 Å². The van der Waals surface area contributed by atoms with Crippen molar-refractivity contribution in [1.82, 2.24) is 10.2 Å². The maximum Gasteiger partial charge on any atom is 0.259 e. The van der Waals surface area contributed by atoms with Crippen molar-refractivity contribution in [2.24, 2.45) is 0 Å². The monoisotopic (exact) mass is 328 g/mol.